The first-order chi connectivity index (χ1) is 15.5. The highest BCUT2D eigenvalue weighted by Crippen LogP contribution is 2.30. The minimum absolute atomic E-state index is 0.121. The van der Waals surface area contributed by atoms with Gasteiger partial charge in [0, 0.05) is 17.8 Å². The summed E-state index contributed by atoms with van der Waals surface area (Å²) >= 11 is 0. The molecule has 172 valence electrons. The Morgan fingerprint density at radius 2 is 1.94 bits per heavy atom. The predicted octanol–water partition coefficient (Wildman–Crippen LogP) is 4.21. The second kappa shape index (κ2) is 8.19. The molecular formula is C21H16F4N4O4. The number of fused-ring (bicyclic) bond motifs is 2. The molecular weight excluding hydrogens is 448 g/mol. The molecule has 1 unspecified atom stereocenters. The number of hydrogen-bond acceptors (Lipinski definition) is 6. The molecule has 33 heavy (non-hydrogen) atoms. The van der Waals surface area contributed by atoms with E-state index in [4.69, 9.17) is 4.42 Å². The van der Waals surface area contributed by atoms with Crippen LogP contribution in [0.3, 0.4) is 0 Å². The standard InChI is InChI=1S/C21H16F4N4O4/c1-10(28-19(30)15-9-27-29-5-3-4-26-18(15)29)16-7-12-6-13(22)8-14(17(12)33-16)20(31)32-11(2)21(23,24)25/h3-11H,1-2H3,(H,28,30)/t10?,11-/m0/s1. The van der Waals surface area contributed by atoms with E-state index >= 15 is 0 Å². The molecule has 0 bridgehead atoms. The predicted molar refractivity (Wildman–Crippen MR) is 106 cm³/mol. The number of ether oxygens (including phenoxy) is 1. The van der Waals surface area contributed by atoms with Crippen LogP contribution in [-0.2, 0) is 4.74 Å². The van der Waals surface area contributed by atoms with Gasteiger partial charge in [0.05, 0.1) is 12.2 Å². The van der Waals surface area contributed by atoms with Crippen LogP contribution in [0.2, 0.25) is 0 Å². The van der Waals surface area contributed by atoms with Crippen molar-refractivity contribution in [1.29, 1.82) is 0 Å². The Labute approximate surface area is 183 Å². The van der Waals surface area contributed by atoms with E-state index < -0.39 is 41.6 Å². The normalized spacial score (nSPS) is 13.8. The van der Waals surface area contributed by atoms with Crippen molar-refractivity contribution in [2.45, 2.75) is 32.2 Å². The van der Waals surface area contributed by atoms with Crippen LogP contribution in [0.15, 0.2) is 47.3 Å². The zero-order valence-electron chi connectivity index (χ0n) is 17.2. The number of esters is 1. The summed E-state index contributed by atoms with van der Waals surface area (Å²) < 4.78 is 63.7. The first-order valence-corrected chi connectivity index (χ1v) is 9.64. The van der Waals surface area contributed by atoms with Gasteiger partial charge >= 0.3 is 12.1 Å². The number of alkyl halides is 3. The second-order valence-electron chi connectivity index (χ2n) is 7.25. The maximum atomic E-state index is 14.0. The van der Waals surface area contributed by atoms with Crippen LogP contribution >= 0.6 is 0 Å². The number of hydrogen-bond donors (Lipinski definition) is 1. The third-order valence-electron chi connectivity index (χ3n) is 4.86. The molecule has 2 atom stereocenters. The van der Waals surface area contributed by atoms with Gasteiger partial charge in [-0.3, -0.25) is 4.79 Å². The van der Waals surface area contributed by atoms with Crippen molar-refractivity contribution in [3.05, 3.63) is 65.6 Å². The summed E-state index contributed by atoms with van der Waals surface area (Å²) in [5.41, 5.74) is -0.130. The van der Waals surface area contributed by atoms with Crippen molar-refractivity contribution in [2.24, 2.45) is 0 Å². The van der Waals surface area contributed by atoms with Gasteiger partial charge < -0.3 is 14.5 Å². The van der Waals surface area contributed by atoms with Gasteiger partial charge in [-0.2, -0.15) is 18.3 Å². The van der Waals surface area contributed by atoms with E-state index in [1.807, 2.05) is 0 Å². The molecule has 0 radical (unpaired) electrons. The monoisotopic (exact) mass is 464 g/mol. The molecule has 3 heterocycles. The molecule has 0 saturated heterocycles. The highest BCUT2D eigenvalue weighted by molar-refractivity contribution is 6.02. The fourth-order valence-electron chi connectivity index (χ4n) is 3.13. The summed E-state index contributed by atoms with van der Waals surface area (Å²) in [5, 5.41) is 6.84. The van der Waals surface area contributed by atoms with Crippen LogP contribution in [0, 0.1) is 5.82 Å². The first-order valence-electron chi connectivity index (χ1n) is 9.64. The fourth-order valence-corrected chi connectivity index (χ4v) is 3.13. The molecule has 0 fully saturated rings. The number of amides is 1. The van der Waals surface area contributed by atoms with Gasteiger partial charge in [0.15, 0.2) is 11.8 Å². The Hall–Kier alpha value is -3.96. The third-order valence-corrected chi connectivity index (χ3v) is 4.86. The van der Waals surface area contributed by atoms with Crippen LogP contribution in [0.1, 0.15) is 46.4 Å². The second-order valence-corrected chi connectivity index (χ2v) is 7.25. The smallest absolute Gasteiger partial charge is 0.425 e. The van der Waals surface area contributed by atoms with Crippen LogP contribution in [-0.4, -0.2) is 38.8 Å². The maximum Gasteiger partial charge on any atom is 0.425 e. The van der Waals surface area contributed by atoms with E-state index in [0.29, 0.717) is 12.6 Å². The van der Waals surface area contributed by atoms with Crippen molar-refractivity contribution in [3.8, 4) is 0 Å². The van der Waals surface area contributed by atoms with Gasteiger partial charge in [0.25, 0.3) is 5.91 Å². The summed E-state index contributed by atoms with van der Waals surface area (Å²) in [6, 6.07) is 4.06. The van der Waals surface area contributed by atoms with Crippen molar-refractivity contribution in [1.82, 2.24) is 19.9 Å². The highest BCUT2D eigenvalue weighted by atomic mass is 19.4. The molecule has 0 aliphatic carbocycles. The third kappa shape index (κ3) is 4.36. The highest BCUT2D eigenvalue weighted by Gasteiger charge is 2.39. The van der Waals surface area contributed by atoms with Crippen molar-refractivity contribution < 1.29 is 36.3 Å². The number of nitrogens with zero attached hydrogens (tertiary/aromatic N) is 3. The topological polar surface area (TPSA) is 98.7 Å². The lowest BCUT2D eigenvalue weighted by atomic mass is 10.1. The Morgan fingerprint density at radius 1 is 1.18 bits per heavy atom. The quantitative estimate of drug-likeness (QED) is 0.351. The molecule has 4 aromatic rings. The number of carbonyl (C=O) groups excluding carboxylic acids is 2. The molecule has 1 amide bonds. The number of halogens is 4. The van der Waals surface area contributed by atoms with Gasteiger partial charge in [0.2, 0.25) is 0 Å². The number of carbonyl (C=O) groups is 2. The molecule has 12 heteroatoms. The van der Waals surface area contributed by atoms with Gasteiger partial charge in [-0.15, -0.1) is 0 Å². The molecule has 4 rings (SSSR count). The van der Waals surface area contributed by atoms with Crippen molar-refractivity contribution in [3.63, 3.8) is 0 Å². The maximum absolute atomic E-state index is 14.0. The number of nitrogens with one attached hydrogen (secondary N) is 1. The van der Waals surface area contributed by atoms with Crippen LogP contribution in [0.4, 0.5) is 17.6 Å². The molecule has 8 nitrogen and oxygen atoms in total. The molecule has 0 spiro atoms. The lowest BCUT2D eigenvalue weighted by molar-refractivity contribution is -0.198. The number of aromatic nitrogens is 3. The largest absolute Gasteiger partial charge is 0.458 e. The molecule has 0 saturated carbocycles. The van der Waals surface area contributed by atoms with Crippen LogP contribution in [0.25, 0.3) is 16.6 Å². The summed E-state index contributed by atoms with van der Waals surface area (Å²) in [6.45, 7) is 2.24. The molecule has 1 N–H and O–H groups in total. The van der Waals surface area contributed by atoms with Gasteiger partial charge in [-0.05, 0) is 38.1 Å². The van der Waals surface area contributed by atoms with Gasteiger partial charge in [-0.1, -0.05) is 0 Å². The number of benzene rings is 1. The minimum atomic E-state index is -4.78. The minimum Gasteiger partial charge on any atom is -0.458 e. The lowest BCUT2D eigenvalue weighted by Gasteiger charge is -2.16. The van der Waals surface area contributed by atoms with Gasteiger partial charge in [-0.25, -0.2) is 18.7 Å². The summed E-state index contributed by atoms with van der Waals surface area (Å²) in [6.07, 6.45) is -2.70. The van der Waals surface area contributed by atoms with E-state index in [9.17, 15) is 27.2 Å². The van der Waals surface area contributed by atoms with E-state index in [0.717, 1.165) is 12.1 Å². The first kappa shape index (κ1) is 22.2. The number of furan rings is 1. The van der Waals surface area contributed by atoms with E-state index in [2.05, 4.69) is 20.1 Å². The molecule has 1 aromatic carbocycles. The summed E-state index contributed by atoms with van der Waals surface area (Å²) in [5.74, 6) is -2.62. The molecule has 0 aliphatic rings. The zero-order chi connectivity index (χ0) is 23.9. The Balaban J connectivity index is 1.60. The van der Waals surface area contributed by atoms with Crippen LogP contribution in [0.5, 0.6) is 0 Å². The summed E-state index contributed by atoms with van der Waals surface area (Å²) in [7, 11) is 0. The molecule has 0 aliphatic heterocycles. The average molecular weight is 464 g/mol. The van der Waals surface area contributed by atoms with Crippen LogP contribution < -0.4 is 5.32 Å². The SMILES string of the molecule is CC(NC(=O)c1cnn2cccnc12)c1cc2cc(F)cc(C(=O)O[C@@H](C)C(F)(F)F)c2o1. The van der Waals surface area contributed by atoms with E-state index in [1.54, 1.807) is 19.2 Å². The Kier molecular flexibility index (Phi) is 5.52. The zero-order valence-corrected chi connectivity index (χ0v) is 17.2. The lowest BCUT2D eigenvalue weighted by Crippen LogP contribution is -2.31. The average Bonchev–Trinajstić information content (AvgIpc) is 3.36. The van der Waals surface area contributed by atoms with Crippen molar-refractivity contribution >= 4 is 28.5 Å². The molecule has 3 aromatic heterocycles. The van der Waals surface area contributed by atoms with Gasteiger partial charge in [0.1, 0.15) is 28.3 Å². The fraction of sp³-hybridized carbons (Fsp3) is 0.238. The van der Waals surface area contributed by atoms with E-state index in [1.165, 1.54) is 23.0 Å². The Bertz CT molecular complexity index is 1360. The number of rotatable bonds is 5. The van der Waals surface area contributed by atoms with E-state index in [-0.39, 0.29) is 22.3 Å². The van der Waals surface area contributed by atoms with Crippen molar-refractivity contribution in [2.75, 3.05) is 0 Å². The summed E-state index contributed by atoms with van der Waals surface area (Å²) in [4.78, 5) is 29.0. The Morgan fingerprint density at radius 3 is 2.67 bits per heavy atom.